The third kappa shape index (κ3) is 2.77. The second kappa shape index (κ2) is 7.02. The molecule has 0 unspecified atom stereocenters. The van der Waals surface area contributed by atoms with Crippen LogP contribution < -0.4 is 9.47 Å². The molecular weight excluding hydrogens is 398 g/mol. The van der Waals surface area contributed by atoms with E-state index >= 15 is 0 Å². The van der Waals surface area contributed by atoms with Crippen molar-refractivity contribution in [3.63, 3.8) is 0 Å². The van der Waals surface area contributed by atoms with Gasteiger partial charge in [0.25, 0.3) is 0 Å². The van der Waals surface area contributed by atoms with E-state index in [2.05, 4.69) is 0 Å². The van der Waals surface area contributed by atoms with Gasteiger partial charge in [-0.3, -0.25) is 25.1 Å². The van der Waals surface area contributed by atoms with Crippen molar-refractivity contribution in [2.75, 3.05) is 20.8 Å². The Hall–Kier alpha value is -3.60. The molecule has 2 aliphatic rings. The second-order valence-corrected chi connectivity index (χ2v) is 7.22. The lowest BCUT2D eigenvalue weighted by molar-refractivity contribution is -0.387. The van der Waals surface area contributed by atoms with E-state index in [-0.39, 0.29) is 24.5 Å². The van der Waals surface area contributed by atoms with Gasteiger partial charge < -0.3 is 19.7 Å². The topological polar surface area (TPSA) is 148 Å². The molecule has 2 aromatic rings. The van der Waals surface area contributed by atoms with E-state index in [0.717, 1.165) is 0 Å². The van der Waals surface area contributed by atoms with Crippen LogP contribution in [0.3, 0.4) is 0 Å². The number of methoxy groups -OCH3 is 2. The van der Waals surface area contributed by atoms with E-state index in [1.807, 2.05) is 4.90 Å². The van der Waals surface area contributed by atoms with E-state index in [9.17, 15) is 30.4 Å². The maximum absolute atomic E-state index is 11.8. The number of hydrogen-bond acceptors (Lipinski definition) is 9. The number of nitro benzene ring substituents is 2. The van der Waals surface area contributed by atoms with Crippen molar-refractivity contribution in [2.24, 2.45) is 0 Å². The SMILES string of the molecule is COc1cc2c(c([N+](=O)[O-])c1O)[C@@H]1Cc3cc(OC)c([N+](=O)[O-])c(O)c3CN1CC2. The first-order valence-corrected chi connectivity index (χ1v) is 9.15. The summed E-state index contributed by atoms with van der Waals surface area (Å²) in [6.07, 6.45) is 0.731. The lowest BCUT2D eigenvalue weighted by Gasteiger charge is -2.41. The second-order valence-electron chi connectivity index (χ2n) is 7.22. The van der Waals surface area contributed by atoms with Crippen LogP contribution >= 0.6 is 0 Å². The Labute approximate surface area is 170 Å². The Balaban J connectivity index is 1.89. The van der Waals surface area contributed by atoms with Crippen LogP contribution in [0.4, 0.5) is 11.4 Å². The predicted octanol–water partition coefficient (Wildman–Crippen LogP) is 2.59. The van der Waals surface area contributed by atoms with Crippen molar-refractivity contribution in [3.05, 3.63) is 54.6 Å². The van der Waals surface area contributed by atoms with Gasteiger partial charge in [-0.15, -0.1) is 0 Å². The van der Waals surface area contributed by atoms with Gasteiger partial charge in [-0.05, 0) is 36.1 Å². The first-order valence-electron chi connectivity index (χ1n) is 9.15. The van der Waals surface area contributed by atoms with Gasteiger partial charge in [0.1, 0.15) is 0 Å². The van der Waals surface area contributed by atoms with Gasteiger partial charge in [-0.25, -0.2) is 0 Å². The largest absolute Gasteiger partial charge is 0.502 e. The van der Waals surface area contributed by atoms with Crippen LogP contribution in [-0.4, -0.2) is 45.7 Å². The minimum absolute atomic E-state index is 0.0417. The summed E-state index contributed by atoms with van der Waals surface area (Å²) in [4.78, 5) is 23.8. The summed E-state index contributed by atoms with van der Waals surface area (Å²) < 4.78 is 10.2. The van der Waals surface area contributed by atoms with Crippen molar-refractivity contribution >= 4 is 11.4 Å². The number of nitrogens with zero attached hydrogens (tertiary/aromatic N) is 3. The minimum atomic E-state index is -0.693. The van der Waals surface area contributed by atoms with E-state index in [4.69, 9.17) is 9.47 Å². The fourth-order valence-electron chi connectivity index (χ4n) is 4.47. The van der Waals surface area contributed by atoms with Crippen molar-refractivity contribution in [1.29, 1.82) is 0 Å². The van der Waals surface area contributed by atoms with Gasteiger partial charge >= 0.3 is 11.4 Å². The summed E-state index contributed by atoms with van der Waals surface area (Å²) >= 11 is 0. The Bertz CT molecular complexity index is 1080. The molecule has 0 saturated carbocycles. The molecule has 0 aliphatic carbocycles. The minimum Gasteiger partial charge on any atom is -0.502 e. The molecular formula is C19H19N3O8. The Morgan fingerprint density at radius 1 is 1.00 bits per heavy atom. The lowest BCUT2D eigenvalue weighted by atomic mass is 9.82. The molecule has 0 fully saturated rings. The number of phenolic OH excluding ortho intramolecular Hbond substituents is 2. The highest BCUT2D eigenvalue weighted by Gasteiger charge is 2.42. The highest BCUT2D eigenvalue weighted by atomic mass is 16.6. The van der Waals surface area contributed by atoms with Gasteiger partial charge in [0, 0.05) is 24.7 Å². The van der Waals surface area contributed by atoms with E-state index in [0.29, 0.717) is 35.2 Å². The average molecular weight is 417 g/mol. The molecule has 0 aromatic heterocycles. The number of benzene rings is 2. The van der Waals surface area contributed by atoms with Gasteiger partial charge in [0.15, 0.2) is 5.75 Å². The highest BCUT2D eigenvalue weighted by molar-refractivity contribution is 5.67. The van der Waals surface area contributed by atoms with E-state index in [1.165, 1.54) is 20.3 Å². The summed E-state index contributed by atoms with van der Waals surface area (Å²) in [6, 6.07) is 2.66. The molecule has 2 N–H and O–H groups in total. The van der Waals surface area contributed by atoms with Crippen LogP contribution in [0.2, 0.25) is 0 Å². The standard InChI is InChI=1S/C19H19N3O8/c1-29-13-7-10-5-12-15-9(6-14(30-2)19(24)17(15)22(27)28)3-4-20(12)8-11(10)18(23)16(13)21(25)26/h6-7,12,23-24H,3-5,8H2,1-2H3/t12-/m0/s1. The maximum Gasteiger partial charge on any atom is 0.352 e. The summed E-state index contributed by atoms with van der Waals surface area (Å²) in [5.74, 6) is -1.02. The number of hydrogen-bond donors (Lipinski definition) is 2. The summed E-state index contributed by atoms with van der Waals surface area (Å²) in [7, 11) is 2.60. The smallest absolute Gasteiger partial charge is 0.352 e. The van der Waals surface area contributed by atoms with Gasteiger partial charge in [-0.1, -0.05) is 0 Å². The monoisotopic (exact) mass is 417 g/mol. The zero-order chi connectivity index (χ0) is 21.7. The van der Waals surface area contributed by atoms with E-state index in [1.54, 1.807) is 6.07 Å². The molecule has 11 heteroatoms. The Morgan fingerprint density at radius 2 is 1.63 bits per heavy atom. The third-order valence-electron chi connectivity index (χ3n) is 5.82. The molecule has 0 spiro atoms. The molecule has 0 bridgehead atoms. The maximum atomic E-state index is 11.8. The molecule has 2 aromatic carbocycles. The first-order chi connectivity index (χ1) is 14.3. The summed E-state index contributed by atoms with van der Waals surface area (Å²) in [6.45, 7) is 0.710. The first kappa shape index (κ1) is 19.7. The van der Waals surface area contributed by atoms with Gasteiger partial charge in [0.05, 0.1) is 29.6 Å². The number of phenols is 2. The zero-order valence-electron chi connectivity index (χ0n) is 16.2. The number of fused-ring (bicyclic) bond motifs is 4. The normalized spacial score (nSPS) is 17.5. The number of rotatable bonds is 4. The quantitative estimate of drug-likeness (QED) is 0.565. The molecule has 11 nitrogen and oxygen atoms in total. The summed E-state index contributed by atoms with van der Waals surface area (Å²) in [5.41, 5.74) is 1.21. The molecule has 2 aliphatic heterocycles. The predicted molar refractivity (Wildman–Crippen MR) is 103 cm³/mol. The molecule has 0 saturated heterocycles. The van der Waals surface area contributed by atoms with Crippen LogP contribution in [0.15, 0.2) is 12.1 Å². The fraction of sp³-hybridized carbons (Fsp3) is 0.368. The van der Waals surface area contributed by atoms with E-state index < -0.39 is 38.8 Å². The molecule has 0 amide bonds. The van der Waals surface area contributed by atoms with Crippen molar-refractivity contribution < 1.29 is 29.5 Å². The summed E-state index contributed by atoms with van der Waals surface area (Å²) in [5, 5.41) is 44.1. The average Bonchev–Trinajstić information content (AvgIpc) is 2.71. The Kier molecular flexibility index (Phi) is 4.61. The number of nitro groups is 2. The fourth-order valence-corrected chi connectivity index (χ4v) is 4.47. The van der Waals surface area contributed by atoms with Crippen LogP contribution in [0.25, 0.3) is 0 Å². The highest BCUT2D eigenvalue weighted by Crippen LogP contribution is 2.51. The number of aromatic hydroxyl groups is 2. The molecule has 30 heavy (non-hydrogen) atoms. The third-order valence-corrected chi connectivity index (χ3v) is 5.82. The van der Waals surface area contributed by atoms with Crippen LogP contribution in [-0.2, 0) is 19.4 Å². The molecule has 4 rings (SSSR count). The lowest BCUT2D eigenvalue weighted by Crippen LogP contribution is -2.39. The molecule has 2 heterocycles. The number of ether oxygens (including phenoxy) is 2. The van der Waals surface area contributed by atoms with Gasteiger partial charge in [-0.2, -0.15) is 0 Å². The van der Waals surface area contributed by atoms with Crippen molar-refractivity contribution in [1.82, 2.24) is 4.90 Å². The van der Waals surface area contributed by atoms with Gasteiger partial charge in [0.2, 0.25) is 17.2 Å². The molecule has 1 atom stereocenters. The molecule has 0 radical (unpaired) electrons. The van der Waals surface area contributed by atoms with Crippen LogP contribution in [0.1, 0.15) is 28.3 Å². The molecule has 158 valence electrons. The zero-order valence-corrected chi connectivity index (χ0v) is 16.2. The van der Waals surface area contributed by atoms with Crippen molar-refractivity contribution in [2.45, 2.75) is 25.4 Å². The van der Waals surface area contributed by atoms with Crippen LogP contribution in [0, 0.1) is 20.2 Å². The van der Waals surface area contributed by atoms with Crippen LogP contribution in [0.5, 0.6) is 23.0 Å². The Morgan fingerprint density at radius 3 is 2.23 bits per heavy atom. The van der Waals surface area contributed by atoms with Crippen molar-refractivity contribution in [3.8, 4) is 23.0 Å².